The van der Waals surface area contributed by atoms with Gasteiger partial charge < -0.3 is 5.32 Å². The Morgan fingerprint density at radius 2 is 2.29 bits per heavy atom. The maximum Gasteiger partial charge on any atom is 0.106 e. The molecule has 1 atom stereocenters. The summed E-state index contributed by atoms with van der Waals surface area (Å²) in [5.41, 5.74) is 2.66. The zero-order valence-corrected chi connectivity index (χ0v) is 13.3. The molecule has 116 valence electrons. The van der Waals surface area contributed by atoms with Crippen LogP contribution in [-0.4, -0.2) is 23.8 Å². The molecule has 0 aromatic rings. The van der Waals surface area contributed by atoms with Crippen molar-refractivity contribution in [3.8, 4) is 0 Å². The van der Waals surface area contributed by atoms with E-state index >= 15 is 0 Å². The first-order valence-corrected chi connectivity index (χ1v) is 7.31. The van der Waals surface area contributed by atoms with Crippen molar-refractivity contribution in [3.63, 3.8) is 0 Å². The van der Waals surface area contributed by atoms with Gasteiger partial charge in [-0.3, -0.25) is 5.01 Å². The second-order valence-corrected chi connectivity index (χ2v) is 5.41. The first-order valence-electron chi connectivity index (χ1n) is 7.31. The molecule has 0 aromatic heterocycles. The third-order valence-electron chi connectivity index (χ3n) is 3.44. The van der Waals surface area contributed by atoms with Crippen molar-refractivity contribution in [1.82, 2.24) is 10.3 Å². The van der Waals surface area contributed by atoms with Crippen LogP contribution in [0.2, 0.25) is 0 Å². The Kier molecular flexibility index (Phi) is 6.92. The van der Waals surface area contributed by atoms with Crippen LogP contribution in [0.15, 0.2) is 53.7 Å². The smallest absolute Gasteiger partial charge is 0.106 e. The predicted octanol–water partition coefficient (Wildman–Crippen LogP) is 4.28. The highest BCUT2D eigenvalue weighted by atomic mass is 19.1. The average Bonchev–Trinajstić information content (AvgIpc) is 2.45. The summed E-state index contributed by atoms with van der Waals surface area (Å²) in [7, 11) is 1.87. The molecule has 21 heavy (non-hydrogen) atoms. The van der Waals surface area contributed by atoms with Crippen LogP contribution in [0, 0.1) is 0 Å². The fraction of sp³-hybridized carbons (Fsp3) is 0.471. The molecule has 0 spiro atoms. The zero-order valence-electron chi connectivity index (χ0n) is 13.3. The zero-order chi connectivity index (χ0) is 15.8. The molecule has 1 aliphatic rings. The topological polar surface area (TPSA) is 27.6 Å². The molecule has 0 bridgehead atoms. The second-order valence-electron chi connectivity index (χ2n) is 5.41. The highest BCUT2D eigenvalue weighted by Gasteiger charge is 2.17. The lowest BCUT2D eigenvalue weighted by Crippen LogP contribution is -2.29. The molecule has 1 rings (SSSR count). The summed E-state index contributed by atoms with van der Waals surface area (Å²) in [6.07, 6.45) is 7.79. The van der Waals surface area contributed by atoms with Gasteiger partial charge in [-0.05, 0) is 32.8 Å². The van der Waals surface area contributed by atoms with E-state index in [-0.39, 0.29) is 18.3 Å². The van der Waals surface area contributed by atoms with Crippen molar-refractivity contribution in [2.24, 2.45) is 5.10 Å². The summed E-state index contributed by atoms with van der Waals surface area (Å²) in [5.74, 6) is -0.192. The number of hydrogen-bond acceptors (Lipinski definition) is 3. The number of nitrogens with zero attached hydrogens (tertiary/aromatic N) is 2. The lowest BCUT2D eigenvalue weighted by Gasteiger charge is -2.29. The third-order valence-corrected chi connectivity index (χ3v) is 3.44. The molecule has 1 aliphatic heterocycles. The van der Waals surface area contributed by atoms with E-state index in [0.29, 0.717) is 12.1 Å². The van der Waals surface area contributed by atoms with Crippen LogP contribution >= 0.6 is 0 Å². The van der Waals surface area contributed by atoms with Crippen molar-refractivity contribution in [1.29, 1.82) is 0 Å². The lowest BCUT2D eigenvalue weighted by atomic mass is 10.1. The molecular weight excluding hydrogens is 265 g/mol. The Hall–Kier alpha value is -1.84. The Morgan fingerprint density at radius 3 is 2.95 bits per heavy atom. The molecular formula is C17H26FN3. The van der Waals surface area contributed by atoms with E-state index in [9.17, 15) is 4.39 Å². The Balaban J connectivity index is 2.85. The fourth-order valence-corrected chi connectivity index (χ4v) is 2.08. The van der Waals surface area contributed by atoms with E-state index in [1.165, 1.54) is 6.08 Å². The first kappa shape index (κ1) is 17.2. The third kappa shape index (κ3) is 5.98. The lowest BCUT2D eigenvalue weighted by molar-refractivity contribution is 0.259. The van der Waals surface area contributed by atoms with Crippen LogP contribution in [0.25, 0.3) is 0 Å². The van der Waals surface area contributed by atoms with E-state index in [1.54, 1.807) is 6.08 Å². The fourth-order valence-electron chi connectivity index (χ4n) is 2.08. The summed E-state index contributed by atoms with van der Waals surface area (Å²) >= 11 is 0. The van der Waals surface area contributed by atoms with E-state index in [1.807, 2.05) is 25.1 Å². The maximum absolute atomic E-state index is 13.7. The maximum atomic E-state index is 13.7. The largest absolute Gasteiger partial charge is 0.392 e. The Bertz CT molecular complexity index is 474. The molecule has 1 N–H and O–H groups in total. The van der Waals surface area contributed by atoms with E-state index in [0.717, 1.165) is 24.3 Å². The van der Waals surface area contributed by atoms with Crippen LogP contribution in [0.4, 0.5) is 4.39 Å². The van der Waals surface area contributed by atoms with Crippen molar-refractivity contribution >= 4 is 5.71 Å². The molecule has 0 saturated carbocycles. The first-order chi connectivity index (χ1) is 9.93. The second kappa shape index (κ2) is 8.45. The van der Waals surface area contributed by atoms with Crippen LogP contribution < -0.4 is 5.32 Å². The van der Waals surface area contributed by atoms with E-state index in [4.69, 9.17) is 0 Å². The van der Waals surface area contributed by atoms with Crippen molar-refractivity contribution < 1.29 is 4.39 Å². The Morgan fingerprint density at radius 1 is 1.57 bits per heavy atom. The molecule has 3 nitrogen and oxygen atoms in total. The van der Waals surface area contributed by atoms with E-state index < -0.39 is 0 Å². The van der Waals surface area contributed by atoms with Crippen LogP contribution in [0.1, 0.15) is 39.5 Å². The summed E-state index contributed by atoms with van der Waals surface area (Å²) in [6, 6.07) is 0.147. The SMILES string of the molecule is C=C(CCC(C)N1/N=C(/C)C/C=C\C=C(\F)CC1=C)NC. The van der Waals surface area contributed by atoms with E-state index in [2.05, 4.69) is 30.5 Å². The minimum Gasteiger partial charge on any atom is -0.392 e. The van der Waals surface area contributed by atoms with Crippen LogP contribution in [0.3, 0.4) is 0 Å². The average molecular weight is 291 g/mol. The van der Waals surface area contributed by atoms with Gasteiger partial charge in [0, 0.05) is 43.0 Å². The minimum absolute atomic E-state index is 0.147. The molecule has 0 aromatic carbocycles. The molecule has 0 fully saturated rings. The number of hydrazone groups is 1. The van der Waals surface area contributed by atoms with Gasteiger partial charge in [0.15, 0.2) is 0 Å². The summed E-state index contributed by atoms with van der Waals surface area (Å²) in [6.45, 7) is 12.0. The minimum atomic E-state index is -0.192. The van der Waals surface area contributed by atoms with Crippen molar-refractivity contribution in [2.75, 3.05) is 7.05 Å². The number of halogens is 1. The monoisotopic (exact) mass is 291 g/mol. The van der Waals surface area contributed by atoms with Crippen molar-refractivity contribution in [3.05, 3.63) is 48.6 Å². The molecule has 0 amide bonds. The number of hydrogen-bond donors (Lipinski definition) is 1. The van der Waals surface area contributed by atoms with Gasteiger partial charge in [0.2, 0.25) is 0 Å². The molecule has 4 heteroatoms. The van der Waals surface area contributed by atoms with Gasteiger partial charge in [-0.2, -0.15) is 5.10 Å². The van der Waals surface area contributed by atoms with Gasteiger partial charge in [0.25, 0.3) is 0 Å². The van der Waals surface area contributed by atoms with Crippen molar-refractivity contribution in [2.45, 2.75) is 45.6 Å². The van der Waals surface area contributed by atoms with Gasteiger partial charge in [0.1, 0.15) is 5.83 Å². The van der Waals surface area contributed by atoms with Gasteiger partial charge >= 0.3 is 0 Å². The standard InChI is InChI=1S/C17H26FN3/c1-13(19-5)10-11-15(3)21-16(4)12-17(18)9-7-6-8-14(2)20-21/h6-7,9,15,19H,1,4,8,10-12H2,2-3,5H3/b7-6-,17-9+,20-14-. The predicted molar refractivity (Wildman–Crippen MR) is 88.5 cm³/mol. The molecule has 1 heterocycles. The van der Waals surface area contributed by atoms with Gasteiger partial charge in [0.05, 0.1) is 0 Å². The normalized spacial score (nSPS) is 24.4. The molecule has 0 radical (unpaired) electrons. The summed E-state index contributed by atoms with van der Waals surface area (Å²) in [4.78, 5) is 0. The number of allylic oxidation sites excluding steroid dienone is 5. The quantitative estimate of drug-likeness (QED) is 0.818. The number of nitrogens with one attached hydrogen (secondary N) is 1. The molecule has 0 aliphatic carbocycles. The van der Waals surface area contributed by atoms with Crippen LogP contribution in [0.5, 0.6) is 0 Å². The summed E-state index contributed by atoms with van der Waals surface area (Å²) < 4.78 is 13.7. The summed E-state index contributed by atoms with van der Waals surface area (Å²) in [5, 5.41) is 9.51. The number of rotatable bonds is 5. The molecule has 0 saturated heterocycles. The van der Waals surface area contributed by atoms with Crippen LogP contribution in [-0.2, 0) is 0 Å². The van der Waals surface area contributed by atoms with Gasteiger partial charge in [-0.1, -0.05) is 25.3 Å². The van der Waals surface area contributed by atoms with Gasteiger partial charge in [-0.25, -0.2) is 4.39 Å². The molecule has 1 unspecified atom stereocenters. The highest BCUT2D eigenvalue weighted by molar-refractivity contribution is 5.83. The van der Waals surface area contributed by atoms with Gasteiger partial charge in [-0.15, -0.1) is 0 Å². The highest BCUT2D eigenvalue weighted by Crippen LogP contribution is 2.22. The Labute approximate surface area is 127 Å².